The minimum absolute atomic E-state index is 0.242. The van der Waals surface area contributed by atoms with Crippen molar-refractivity contribution >= 4 is 16.9 Å². The van der Waals surface area contributed by atoms with Crippen molar-refractivity contribution in [2.45, 2.75) is 51.5 Å². The number of amides is 1. The third kappa shape index (κ3) is 3.23. The summed E-state index contributed by atoms with van der Waals surface area (Å²) in [5.41, 5.74) is 2.24. The normalized spacial score (nSPS) is 18.3. The fourth-order valence-electron chi connectivity index (χ4n) is 3.69. The lowest BCUT2D eigenvalue weighted by molar-refractivity contribution is -0.132. The molecule has 0 unspecified atom stereocenters. The van der Waals surface area contributed by atoms with Crippen LogP contribution in [-0.2, 0) is 4.79 Å². The van der Waals surface area contributed by atoms with E-state index in [1.807, 2.05) is 17.0 Å². The smallest absolute Gasteiger partial charge is 0.222 e. The van der Waals surface area contributed by atoms with Gasteiger partial charge in [0.1, 0.15) is 5.82 Å². The fourth-order valence-corrected chi connectivity index (χ4v) is 3.69. The number of piperidine rings is 1. The molecule has 0 N–H and O–H groups in total. The third-order valence-corrected chi connectivity index (χ3v) is 4.84. The van der Waals surface area contributed by atoms with Gasteiger partial charge in [0.15, 0.2) is 0 Å². The van der Waals surface area contributed by atoms with Gasteiger partial charge in [0.25, 0.3) is 0 Å². The first-order chi connectivity index (χ1) is 11.6. The average molecular weight is 325 g/mol. The number of carbonyl (C=O) groups excluding carboxylic acids is 1. The van der Waals surface area contributed by atoms with Crippen LogP contribution in [0.1, 0.15) is 57.3 Å². The van der Waals surface area contributed by atoms with Crippen molar-refractivity contribution in [3.63, 3.8) is 0 Å². The van der Waals surface area contributed by atoms with Gasteiger partial charge >= 0.3 is 0 Å². The molecule has 0 spiro atoms. The second-order valence-electron chi connectivity index (χ2n) is 6.93. The maximum Gasteiger partial charge on any atom is 0.222 e. The number of aromatic nitrogens is 2. The number of likely N-dealkylation sites (tertiary alicyclic amines) is 1. The molecule has 1 amide bonds. The lowest BCUT2D eigenvalue weighted by Gasteiger charge is -2.33. The van der Waals surface area contributed by atoms with Crippen molar-refractivity contribution in [2.24, 2.45) is 0 Å². The summed E-state index contributed by atoms with van der Waals surface area (Å²) in [7, 11) is 0. The van der Waals surface area contributed by atoms with Crippen LogP contribution in [0.5, 0.6) is 0 Å². The Morgan fingerprint density at radius 2 is 2.21 bits per heavy atom. The molecule has 2 aromatic rings. The highest BCUT2D eigenvalue weighted by Crippen LogP contribution is 2.31. The molecule has 1 aliphatic heterocycles. The molecule has 3 rings (SSSR count). The Morgan fingerprint density at radius 3 is 2.96 bits per heavy atom. The number of allylic oxidation sites excluding steroid dienone is 1. The largest absolute Gasteiger partial charge is 0.342 e. The quantitative estimate of drug-likeness (QED) is 0.769. The Kier molecular flexibility index (Phi) is 5.03. The molecule has 1 saturated heterocycles. The molecular formula is C20H27N3O. The second-order valence-corrected chi connectivity index (χ2v) is 6.93. The Labute approximate surface area is 144 Å². The van der Waals surface area contributed by atoms with E-state index in [9.17, 15) is 4.79 Å². The van der Waals surface area contributed by atoms with Crippen molar-refractivity contribution in [1.82, 2.24) is 14.5 Å². The monoisotopic (exact) mass is 325 g/mol. The first kappa shape index (κ1) is 16.7. The summed E-state index contributed by atoms with van der Waals surface area (Å²) in [6.07, 6.45) is 5.28. The van der Waals surface area contributed by atoms with Crippen LogP contribution in [0.15, 0.2) is 36.9 Å². The fraction of sp³-hybridized carbons (Fsp3) is 0.500. The van der Waals surface area contributed by atoms with Crippen LogP contribution in [0.2, 0.25) is 0 Å². The summed E-state index contributed by atoms with van der Waals surface area (Å²) in [4.78, 5) is 19.3. The molecule has 1 aromatic heterocycles. The van der Waals surface area contributed by atoms with Crippen LogP contribution in [-0.4, -0.2) is 33.4 Å². The molecule has 0 radical (unpaired) electrons. The minimum Gasteiger partial charge on any atom is -0.342 e. The van der Waals surface area contributed by atoms with E-state index in [1.165, 1.54) is 5.52 Å². The number of hydrogen-bond acceptors (Lipinski definition) is 2. The molecule has 1 fully saturated rings. The van der Waals surface area contributed by atoms with E-state index in [-0.39, 0.29) is 5.91 Å². The lowest BCUT2D eigenvalue weighted by atomic mass is 9.96. The van der Waals surface area contributed by atoms with Gasteiger partial charge in [-0.15, -0.1) is 6.58 Å². The molecule has 24 heavy (non-hydrogen) atoms. The van der Waals surface area contributed by atoms with Gasteiger partial charge in [0.05, 0.1) is 11.0 Å². The number of rotatable bonds is 5. The summed E-state index contributed by atoms with van der Waals surface area (Å²) in [5, 5.41) is 0. The summed E-state index contributed by atoms with van der Waals surface area (Å²) in [5.74, 6) is 1.69. The van der Waals surface area contributed by atoms with E-state index >= 15 is 0 Å². The molecule has 128 valence electrons. The van der Waals surface area contributed by atoms with Crippen LogP contribution < -0.4 is 0 Å². The molecular weight excluding hydrogens is 298 g/mol. The van der Waals surface area contributed by atoms with Crippen molar-refractivity contribution in [2.75, 3.05) is 13.1 Å². The SMILES string of the molecule is C=CCCC(=O)N1CCC[C@H](c2nc3ccccc3n2C(C)C)C1. The topological polar surface area (TPSA) is 38.1 Å². The van der Waals surface area contributed by atoms with Gasteiger partial charge in [-0.05, 0) is 45.2 Å². The number of nitrogens with zero attached hydrogens (tertiary/aromatic N) is 3. The number of imidazole rings is 1. The van der Waals surface area contributed by atoms with E-state index in [0.717, 1.165) is 43.7 Å². The summed E-state index contributed by atoms with van der Waals surface area (Å²) in [6.45, 7) is 9.77. The van der Waals surface area contributed by atoms with Crippen molar-refractivity contribution in [3.05, 3.63) is 42.7 Å². The number of fused-ring (bicyclic) bond motifs is 1. The highest BCUT2D eigenvalue weighted by Gasteiger charge is 2.28. The van der Waals surface area contributed by atoms with Gasteiger partial charge in [-0.1, -0.05) is 18.2 Å². The Hall–Kier alpha value is -2.10. The zero-order chi connectivity index (χ0) is 17.1. The summed E-state index contributed by atoms with van der Waals surface area (Å²) >= 11 is 0. The van der Waals surface area contributed by atoms with Crippen LogP contribution in [0.25, 0.3) is 11.0 Å². The maximum absolute atomic E-state index is 12.4. The van der Waals surface area contributed by atoms with E-state index in [0.29, 0.717) is 18.4 Å². The predicted octanol–water partition coefficient (Wildman–Crippen LogP) is 4.29. The van der Waals surface area contributed by atoms with Gasteiger partial charge in [-0.3, -0.25) is 4.79 Å². The molecule has 0 saturated carbocycles. The maximum atomic E-state index is 12.4. The van der Waals surface area contributed by atoms with Crippen molar-refractivity contribution in [3.8, 4) is 0 Å². The van der Waals surface area contributed by atoms with E-state index in [1.54, 1.807) is 0 Å². The van der Waals surface area contributed by atoms with Gasteiger partial charge in [-0.25, -0.2) is 4.98 Å². The number of carbonyl (C=O) groups is 1. The van der Waals surface area contributed by atoms with Crippen LogP contribution >= 0.6 is 0 Å². The molecule has 0 aliphatic carbocycles. The molecule has 4 heteroatoms. The van der Waals surface area contributed by atoms with E-state index in [4.69, 9.17) is 4.98 Å². The standard InChI is InChI=1S/C20H27N3O/c1-4-5-12-19(24)22-13-8-9-16(14-22)20-21-17-10-6-7-11-18(17)23(20)15(2)3/h4,6-7,10-11,15-16H,1,5,8-9,12-14H2,2-3H3/t16-/m0/s1. The predicted molar refractivity (Wildman–Crippen MR) is 98.1 cm³/mol. The summed E-state index contributed by atoms with van der Waals surface area (Å²) < 4.78 is 2.34. The van der Waals surface area contributed by atoms with Gasteiger partial charge in [-0.2, -0.15) is 0 Å². The van der Waals surface area contributed by atoms with Crippen LogP contribution in [0.3, 0.4) is 0 Å². The number of para-hydroxylation sites is 2. The Morgan fingerprint density at radius 1 is 1.42 bits per heavy atom. The Balaban J connectivity index is 1.88. The van der Waals surface area contributed by atoms with Crippen molar-refractivity contribution < 1.29 is 4.79 Å². The molecule has 0 bridgehead atoms. The first-order valence-electron chi connectivity index (χ1n) is 8.97. The second kappa shape index (κ2) is 7.20. The van der Waals surface area contributed by atoms with E-state index in [2.05, 4.69) is 43.2 Å². The summed E-state index contributed by atoms with van der Waals surface area (Å²) in [6, 6.07) is 8.68. The zero-order valence-corrected chi connectivity index (χ0v) is 14.7. The third-order valence-electron chi connectivity index (χ3n) is 4.84. The number of benzene rings is 1. The highest BCUT2D eigenvalue weighted by molar-refractivity contribution is 5.77. The molecule has 4 nitrogen and oxygen atoms in total. The van der Waals surface area contributed by atoms with Gasteiger partial charge < -0.3 is 9.47 Å². The van der Waals surface area contributed by atoms with Gasteiger partial charge in [0.2, 0.25) is 5.91 Å². The molecule has 2 heterocycles. The molecule has 1 aliphatic rings. The minimum atomic E-state index is 0.242. The van der Waals surface area contributed by atoms with Crippen molar-refractivity contribution in [1.29, 1.82) is 0 Å². The molecule has 1 aromatic carbocycles. The molecule has 1 atom stereocenters. The number of hydrogen-bond donors (Lipinski definition) is 0. The highest BCUT2D eigenvalue weighted by atomic mass is 16.2. The van der Waals surface area contributed by atoms with Gasteiger partial charge in [0, 0.05) is 31.5 Å². The lowest BCUT2D eigenvalue weighted by Crippen LogP contribution is -2.39. The zero-order valence-electron chi connectivity index (χ0n) is 14.7. The van der Waals surface area contributed by atoms with Crippen LogP contribution in [0.4, 0.5) is 0 Å². The Bertz CT molecular complexity index is 732. The van der Waals surface area contributed by atoms with E-state index < -0.39 is 0 Å². The first-order valence-corrected chi connectivity index (χ1v) is 8.97. The van der Waals surface area contributed by atoms with Crippen LogP contribution in [0, 0.1) is 0 Å². The average Bonchev–Trinajstić information content (AvgIpc) is 2.99.